The van der Waals surface area contributed by atoms with Crippen molar-refractivity contribution in [2.75, 3.05) is 13.2 Å². The Kier molecular flexibility index (Phi) is 20.1. The number of carbonyl (C=O) groups is 2. The molecule has 1 N–H and O–H groups in total. The summed E-state index contributed by atoms with van der Waals surface area (Å²) >= 11 is 4.85. The maximum absolute atomic E-state index is 13.0. The van der Waals surface area contributed by atoms with E-state index in [9.17, 15) is 35.9 Å². The molecule has 0 amide bonds. The van der Waals surface area contributed by atoms with Crippen LogP contribution >= 0.6 is 31.9 Å². The van der Waals surface area contributed by atoms with Crippen LogP contribution in [0.4, 0.5) is 26.3 Å². The molecule has 22 heteroatoms. The van der Waals surface area contributed by atoms with E-state index < -0.39 is 43.7 Å². The summed E-state index contributed by atoms with van der Waals surface area (Å²) in [6.45, 7) is 15.7. The number of ether oxygens (including phenoxy) is 2. The predicted molar refractivity (Wildman–Crippen MR) is 240 cm³/mol. The van der Waals surface area contributed by atoms with Crippen LogP contribution in [-0.2, 0) is 33.9 Å². The van der Waals surface area contributed by atoms with Gasteiger partial charge in [0.15, 0.2) is 12.1 Å². The first-order chi connectivity index (χ1) is 28.9. The number of aromatic amines is 1. The fraction of sp³-hybridized carbons (Fsp3) is 0.375. The van der Waals surface area contributed by atoms with Crippen molar-refractivity contribution in [2.24, 2.45) is 0 Å². The zero-order valence-electron chi connectivity index (χ0n) is 34.8. The number of ketones is 1. The molecule has 0 bridgehead atoms. The lowest BCUT2D eigenvalue weighted by atomic mass is 10.2. The average molecular weight is 1030 g/mol. The Hall–Kier alpha value is -4.36. The maximum atomic E-state index is 13.0. The van der Waals surface area contributed by atoms with Gasteiger partial charge in [-0.15, -0.1) is 0 Å². The quantitative estimate of drug-likeness (QED) is 0.0317. The Balaban J connectivity index is 0.000000283. The third kappa shape index (κ3) is 19.4. The summed E-state index contributed by atoms with van der Waals surface area (Å²) in [5, 5.41) is 8.64. The van der Waals surface area contributed by atoms with Crippen molar-refractivity contribution < 1.29 is 45.4 Å². The number of nitrogens with zero attached hydrogens (tertiary/aromatic N) is 7. The molecule has 0 aromatic carbocycles. The molecular formula is C40H48Br2F6N8O4Si2. The molecule has 5 rings (SSSR count). The van der Waals surface area contributed by atoms with Gasteiger partial charge in [0.2, 0.25) is 0 Å². The SMILES string of the molecule is C[Si](C)(C)CCOCn1cc(/C=C/c2cccnc2)c(-c2ncc(C(F)(F)F)[nH]2)n1.C[Si](C)(C)CCOCn1cc(/C=C/c2cccnc2)c(C=O)n1.O=C(C(Br)Br)C(F)(F)F. The fourth-order valence-electron chi connectivity index (χ4n) is 4.65. The average Bonchev–Trinajstić information content (AvgIpc) is 3.95. The monoisotopic (exact) mass is 1030 g/mol. The number of imidazole rings is 1. The summed E-state index contributed by atoms with van der Waals surface area (Å²) in [6.07, 6.45) is 10.1. The summed E-state index contributed by atoms with van der Waals surface area (Å²) < 4.78 is 86.0. The van der Waals surface area contributed by atoms with E-state index >= 15 is 0 Å². The van der Waals surface area contributed by atoms with Crippen LogP contribution in [0, 0.1) is 0 Å². The van der Waals surface area contributed by atoms with Crippen molar-refractivity contribution in [1.29, 1.82) is 0 Å². The van der Waals surface area contributed by atoms with Gasteiger partial charge in [-0.1, -0.05) is 108 Å². The lowest BCUT2D eigenvalue weighted by Gasteiger charge is -2.15. The van der Waals surface area contributed by atoms with Crippen LogP contribution < -0.4 is 0 Å². The fourth-order valence-corrected chi connectivity index (χ4v) is 6.68. The van der Waals surface area contributed by atoms with Crippen LogP contribution in [0.2, 0.25) is 51.4 Å². The van der Waals surface area contributed by atoms with Gasteiger partial charge in [0.05, 0.1) is 6.20 Å². The van der Waals surface area contributed by atoms with Gasteiger partial charge < -0.3 is 14.5 Å². The van der Waals surface area contributed by atoms with E-state index in [0.29, 0.717) is 30.3 Å². The van der Waals surface area contributed by atoms with Crippen LogP contribution in [0.15, 0.2) is 67.6 Å². The second-order valence-corrected chi connectivity index (χ2v) is 30.1. The second kappa shape index (κ2) is 23.9. The minimum Gasteiger partial charge on any atom is -0.360 e. The molecule has 0 saturated heterocycles. The van der Waals surface area contributed by atoms with E-state index in [0.717, 1.165) is 47.9 Å². The number of aromatic nitrogens is 8. The van der Waals surface area contributed by atoms with E-state index in [1.165, 1.54) is 0 Å². The second-order valence-electron chi connectivity index (χ2n) is 15.8. The summed E-state index contributed by atoms with van der Waals surface area (Å²) in [5.74, 6) is -1.78. The van der Waals surface area contributed by atoms with E-state index in [1.807, 2.05) is 42.6 Å². The third-order valence-corrected chi connectivity index (χ3v) is 12.3. The van der Waals surface area contributed by atoms with Gasteiger partial charge >= 0.3 is 12.4 Å². The van der Waals surface area contributed by atoms with Crippen molar-refractivity contribution in [1.82, 2.24) is 39.5 Å². The number of H-pyrrole nitrogens is 1. The molecule has 0 aliphatic carbocycles. The van der Waals surface area contributed by atoms with Gasteiger partial charge in [-0.2, -0.15) is 36.5 Å². The first-order valence-corrected chi connectivity index (χ1v) is 28.1. The summed E-state index contributed by atoms with van der Waals surface area (Å²) in [7, 11) is -2.30. The smallest absolute Gasteiger partial charge is 0.360 e. The number of hydrogen-bond acceptors (Lipinski definition) is 9. The highest BCUT2D eigenvalue weighted by molar-refractivity contribution is 9.25. The minimum absolute atomic E-state index is 0.0500. The maximum Gasteiger partial charge on any atom is 0.452 e. The Morgan fingerprint density at radius 3 is 1.68 bits per heavy atom. The molecule has 0 atom stereocenters. The number of alkyl halides is 8. The van der Waals surface area contributed by atoms with Gasteiger partial charge in [0, 0.05) is 77.7 Å². The number of Topliss-reactive ketones (excluding diaryl/α,β-unsaturated/α-hetero) is 1. The van der Waals surface area contributed by atoms with Crippen molar-refractivity contribution in [3.8, 4) is 11.5 Å². The molecule has 0 radical (unpaired) electrons. The van der Waals surface area contributed by atoms with Crippen molar-refractivity contribution in [3.05, 3.63) is 101 Å². The topological polar surface area (TPSA) is 143 Å². The highest BCUT2D eigenvalue weighted by Crippen LogP contribution is 2.30. The molecule has 5 aromatic rings. The van der Waals surface area contributed by atoms with Crippen molar-refractivity contribution >= 4 is 84.4 Å². The Morgan fingerprint density at radius 1 is 0.774 bits per heavy atom. The van der Waals surface area contributed by atoms with Gasteiger partial charge in [0.25, 0.3) is 5.78 Å². The third-order valence-electron chi connectivity index (χ3n) is 8.02. The van der Waals surface area contributed by atoms with Crippen LogP contribution in [0.3, 0.4) is 0 Å². The number of rotatable bonds is 17. The van der Waals surface area contributed by atoms with E-state index in [-0.39, 0.29) is 12.6 Å². The lowest BCUT2D eigenvalue weighted by Crippen LogP contribution is -2.27. The first-order valence-electron chi connectivity index (χ1n) is 18.9. The van der Waals surface area contributed by atoms with Gasteiger partial charge in [-0.25, -0.2) is 14.3 Å². The molecule has 5 heterocycles. The molecule has 0 fully saturated rings. The van der Waals surface area contributed by atoms with E-state index in [1.54, 1.807) is 52.5 Å². The number of aldehydes is 1. The van der Waals surface area contributed by atoms with Crippen molar-refractivity contribution in [3.63, 3.8) is 0 Å². The Bertz CT molecular complexity index is 2200. The zero-order valence-corrected chi connectivity index (χ0v) is 40.0. The molecular weight excluding hydrogens is 986 g/mol. The summed E-state index contributed by atoms with van der Waals surface area (Å²) in [5.41, 5.74) is 3.05. The molecule has 12 nitrogen and oxygen atoms in total. The predicted octanol–water partition coefficient (Wildman–Crippen LogP) is 11.0. The number of nitrogens with one attached hydrogen (secondary N) is 1. The Labute approximate surface area is 374 Å². The lowest BCUT2D eigenvalue weighted by molar-refractivity contribution is -0.168. The van der Waals surface area contributed by atoms with Gasteiger partial charge in [-0.05, 0) is 35.3 Å². The van der Waals surface area contributed by atoms with Gasteiger partial charge in [0.1, 0.15) is 34.3 Å². The first kappa shape index (κ1) is 52.0. The summed E-state index contributed by atoms with van der Waals surface area (Å²) in [6, 6.07) is 9.63. The van der Waals surface area contributed by atoms with Gasteiger partial charge in [-0.3, -0.25) is 19.6 Å². The Morgan fingerprint density at radius 2 is 1.27 bits per heavy atom. The molecule has 0 unspecified atom stereocenters. The number of halogens is 8. The minimum atomic E-state index is -4.75. The zero-order chi connectivity index (χ0) is 46.1. The van der Waals surface area contributed by atoms with Crippen LogP contribution in [-0.4, -0.2) is 90.8 Å². The standard InChI is InChI=1S/C20H24F3N5OSi.C17H23N3O2Si.C3HBr2F3O/c1-30(2,3)10-9-29-14-28-13-16(7-6-15-5-4-8-24-11-15)18(27-28)19-25-12-17(26-19)20(21,22)23;1-23(2,3)10-9-22-14-20-12-16(17(13-21)19-20)7-6-15-5-4-8-18-11-15;4-2(5)1(9)3(6,7)8/h4-8,11-13H,9-10,14H2,1-3H3,(H,25,26);4-8,11-13H,9-10,14H2,1-3H3;2H/b2*7-6+;. The molecule has 0 aliphatic heterocycles. The van der Waals surface area contributed by atoms with Crippen LogP contribution in [0.1, 0.15) is 38.4 Å². The van der Waals surface area contributed by atoms with Crippen LogP contribution in [0.5, 0.6) is 0 Å². The van der Waals surface area contributed by atoms with E-state index in [4.69, 9.17) is 9.47 Å². The highest BCUT2D eigenvalue weighted by Gasteiger charge is 2.41. The molecule has 0 spiro atoms. The normalized spacial score (nSPS) is 12.4. The summed E-state index contributed by atoms with van der Waals surface area (Å²) in [4.78, 5) is 35.4. The molecule has 62 heavy (non-hydrogen) atoms. The largest absolute Gasteiger partial charge is 0.452 e. The molecule has 0 aliphatic rings. The van der Waals surface area contributed by atoms with E-state index in [2.05, 4.69) is 101 Å². The molecule has 336 valence electrons. The van der Waals surface area contributed by atoms with Crippen molar-refractivity contribution in [2.45, 2.75) is 80.9 Å². The highest BCUT2D eigenvalue weighted by atomic mass is 79.9. The number of pyridine rings is 2. The molecule has 0 saturated carbocycles. The van der Waals surface area contributed by atoms with Crippen LogP contribution in [0.25, 0.3) is 35.8 Å². The number of carbonyl (C=O) groups excluding carboxylic acids is 2. The molecule has 5 aromatic heterocycles. The number of hydrogen-bond donors (Lipinski definition) is 1.